The molecule has 0 aliphatic carbocycles. The number of nitrogens with one attached hydrogen (secondary N) is 1. The molecule has 0 aromatic rings. The maximum atomic E-state index is 11.9. The normalized spacial score (nSPS) is 17.9. The van der Waals surface area contributed by atoms with Crippen molar-refractivity contribution in [3.05, 3.63) is 0 Å². The summed E-state index contributed by atoms with van der Waals surface area (Å²) in [4.78, 5) is 13.7. The van der Waals surface area contributed by atoms with Gasteiger partial charge in [-0.05, 0) is 13.8 Å². The number of carbonyl (C=O) groups is 1. The first-order valence-corrected chi connectivity index (χ1v) is 5.25. The Morgan fingerprint density at radius 1 is 1.53 bits per heavy atom. The molecule has 1 aliphatic heterocycles. The van der Waals surface area contributed by atoms with Crippen LogP contribution in [0.1, 0.15) is 13.8 Å². The minimum atomic E-state index is -0.163. The van der Waals surface area contributed by atoms with Crippen molar-refractivity contribution in [3.8, 4) is 11.8 Å². The Bertz CT molecular complexity index is 261. The van der Waals surface area contributed by atoms with Crippen LogP contribution < -0.4 is 5.32 Å². The van der Waals surface area contributed by atoms with Crippen molar-refractivity contribution in [1.29, 1.82) is 0 Å². The predicted molar refractivity (Wildman–Crippen MR) is 58.3 cm³/mol. The van der Waals surface area contributed by atoms with Gasteiger partial charge in [-0.2, -0.15) is 0 Å². The fourth-order valence-electron chi connectivity index (χ4n) is 1.44. The van der Waals surface area contributed by atoms with Gasteiger partial charge in [0.25, 0.3) is 0 Å². The number of hydrogen-bond acceptors (Lipinski definition) is 3. The van der Waals surface area contributed by atoms with E-state index in [-0.39, 0.29) is 11.9 Å². The van der Waals surface area contributed by atoms with E-state index in [9.17, 15) is 4.79 Å². The van der Waals surface area contributed by atoms with Crippen LogP contribution in [-0.4, -0.2) is 49.7 Å². The average molecular weight is 210 g/mol. The average Bonchev–Trinajstić information content (AvgIpc) is 2.29. The molecule has 1 fully saturated rings. The van der Waals surface area contributed by atoms with Crippen molar-refractivity contribution in [1.82, 2.24) is 10.2 Å². The van der Waals surface area contributed by atoms with Crippen LogP contribution in [0.25, 0.3) is 0 Å². The van der Waals surface area contributed by atoms with Gasteiger partial charge in [0, 0.05) is 13.1 Å². The third-order valence-electron chi connectivity index (χ3n) is 2.37. The molecule has 0 bridgehead atoms. The van der Waals surface area contributed by atoms with Gasteiger partial charge in [0.15, 0.2) is 0 Å². The maximum absolute atomic E-state index is 11.9. The second-order valence-corrected chi connectivity index (χ2v) is 3.47. The third-order valence-corrected chi connectivity index (χ3v) is 2.37. The molecule has 1 rings (SSSR count). The second kappa shape index (κ2) is 6.44. The van der Waals surface area contributed by atoms with E-state index >= 15 is 0 Å². The highest BCUT2D eigenvalue weighted by Crippen LogP contribution is 2.00. The first-order valence-electron chi connectivity index (χ1n) is 5.25. The van der Waals surface area contributed by atoms with Gasteiger partial charge < -0.3 is 9.64 Å². The fraction of sp³-hybridized carbons (Fsp3) is 0.727. The Morgan fingerprint density at radius 2 is 2.20 bits per heavy atom. The number of ether oxygens (including phenoxy) is 1. The van der Waals surface area contributed by atoms with Gasteiger partial charge in [-0.1, -0.05) is 5.92 Å². The molecule has 1 aliphatic rings. The van der Waals surface area contributed by atoms with E-state index in [0.717, 1.165) is 0 Å². The van der Waals surface area contributed by atoms with Crippen LogP contribution in [0.15, 0.2) is 0 Å². The van der Waals surface area contributed by atoms with Gasteiger partial charge in [-0.15, -0.1) is 5.92 Å². The van der Waals surface area contributed by atoms with E-state index in [2.05, 4.69) is 17.2 Å². The number of amides is 1. The number of hydrogen-bond donors (Lipinski definition) is 1. The van der Waals surface area contributed by atoms with Gasteiger partial charge in [0.05, 0.1) is 25.8 Å². The molecule has 4 nitrogen and oxygen atoms in total. The summed E-state index contributed by atoms with van der Waals surface area (Å²) in [6, 6.07) is -0.163. The van der Waals surface area contributed by atoms with Crippen molar-refractivity contribution < 1.29 is 9.53 Å². The third kappa shape index (κ3) is 3.90. The Balaban J connectivity index is 2.32. The van der Waals surface area contributed by atoms with Gasteiger partial charge in [-0.3, -0.25) is 10.1 Å². The summed E-state index contributed by atoms with van der Waals surface area (Å²) in [6.45, 7) is 6.91. The molecule has 15 heavy (non-hydrogen) atoms. The Labute approximate surface area is 91.0 Å². The van der Waals surface area contributed by atoms with Crippen LogP contribution in [0, 0.1) is 11.8 Å². The van der Waals surface area contributed by atoms with Gasteiger partial charge in [0.1, 0.15) is 0 Å². The molecule has 0 aromatic carbocycles. The minimum Gasteiger partial charge on any atom is -0.378 e. The van der Waals surface area contributed by atoms with Gasteiger partial charge in [-0.25, -0.2) is 0 Å². The number of morpholine rings is 1. The Hall–Kier alpha value is -1.05. The highest BCUT2D eigenvalue weighted by atomic mass is 16.5. The smallest absolute Gasteiger partial charge is 0.239 e. The Morgan fingerprint density at radius 3 is 2.80 bits per heavy atom. The molecule has 1 atom stereocenters. The van der Waals surface area contributed by atoms with E-state index < -0.39 is 0 Å². The molecule has 0 radical (unpaired) electrons. The minimum absolute atomic E-state index is 0.135. The number of carbonyl (C=O) groups excluding carboxylic acids is 1. The second-order valence-electron chi connectivity index (χ2n) is 3.47. The first-order chi connectivity index (χ1) is 7.25. The lowest BCUT2D eigenvalue weighted by Gasteiger charge is -2.29. The van der Waals surface area contributed by atoms with E-state index in [1.54, 1.807) is 6.92 Å². The fourth-order valence-corrected chi connectivity index (χ4v) is 1.44. The van der Waals surface area contributed by atoms with E-state index in [0.29, 0.717) is 32.8 Å². The summed E-state index contributed by atoms with van der Waals surface area (Å²) in [7, 11) is 0. The van der Waals surface area contributed by atoms with Crippen LogP contribution in [-0.2, 0) is 9.53 Å². The molecule has 84 valence electrons. The van der Waals surface area contributed by atoms with Crippen molar-refractivity contribution >= 4 is 5.91 Å². The Kier molecular flexibility index (Phi) is 5.16. The molecular formula is C11H18N2O2. The van der Waals surface area contributed by atoms with Crippen LogP contribution in [0.2, 0.25) is 0 Å². The topological polar surface area (TPSA) is 41.6 Å². The summed E-state index contributed by atoms with van der Waals surface area (Å²) in [5, 5.41) is 3.07. The van der Waals surface area contributed by atoms with Crippen LogP contribution in [0.5, 0.6) is 0 Å². The molecule has 1 saturated heterocycles. The summed E-state index contributed by atoms with van der Waals surface area (Å²) in [5.74, 6) is 5.80. The zero-order valence-electron chi connectivity index (χ0n) is 9.38. The quantitative estimate of drug-likeness (QED) is 0.659. The van der Waals surface area contributed by atoms with Gasteiger partial charge >= 0.3 is 0 Å². The standard InChI is InChI=1S/C11H18N2O2/c1-3-4-5-12-10(2)11(14)13-6-8-15-9-7-13/h10,12H,5-9H2,1-2H3. The van der Waals surface area contributed by atoms with Crippen molar-refractivity contribution in [3.63, 3.8) is 0 Å². The maximum Gasteiger partial charge on any atom is 0.239 e. The number of rotatable bonds is 3. The van der Waals surface area contributed by atoms with Crippen molar-refractivity contribution in [2.24, 2.45) is 0 Å². The summed E-state index contributed by atoms with van der Waals surface area (Å²) < 4.78 is 5.19. The van der Waals surface area contributed by atoms with Crippen molar-refractivity contribution in [2.45, 2.75) is 19.9 Å². The molecule has 0 saturated carbocycles. The monoisotopic (exact) mass is 210 g/mol. The van der Waals surface area contributed by atoms with E-state index in [1.807, 2.05) is 11.8 Å². The lowest BCUT2D eigenvalue weighted by atomic mass is 10.2. The molecular weight excluding hydrogens is 192 g/mol. The highest BCUT2D eigenvalue weighted by molar-refractivity contribution is 5.81. The zero-order valence-corrected chi connectivity index (χ0v) is 9.38. The molecule has 4 heteroatoms. The summed E-state index contributed by atoms with van der Waals surface area (Å²) in [6.07, 6.45) is 0. The van der Waals surface area contributed by atoms with Crippen LogP contribution >= 0.6 is 0 Å². The van der Waals surface area contributed by atoms with Gasteiger partial charge in [0.2, 0.25) is 5.91 Å². The predicted octanol–water partition coefficient (Wildman–Crippen LogP) is -0.153. The first kappa shape index (κ1) is 12.0. The SMILES string of the molecule is CC#CCNC(C)C(=O)N1CCOCC1. The van der Waals surface area contributed by atoms with E-state index in [4.69, 9.17) is 4.74 Å². The molecule has 1 N–H and O–H groups in total. The van der Waals surface area contributed by atoms with Crippen LogP contribution in [0.4, 0.5) is 0 Å². The lowest BCUT2D eigenvalue weighted by Crippen LogP contribution is -2.49. The molecule has 1 heterocycles. The van der Waals surface area contributed by atoms with E-state index in [1.165, 1.54) is 0 Å². The molecule has 1 amide bonds. The molecule has 0 aromatic heterocycles. The summed E-state index contributed by atoms with van der Waals surface area (Å²) >= 11 is 0. The lowest BCUT2D eigenvalue weighted by molar-refractivity contribution is -0.137. The summed E-state index contributed by atoms with van der Waals surface area (Å²) in [5.41, 5.74) is 0. The number of nitrogens with zero attached hydrogens (tertiary/aromatic N) is 1. The largest absolute Gasteiger partial charge is 0.378 e. The zero-order chi connectivity index (χ0) is 11.1. The molecule has 1 unspecified atom stereocenters. The molecule has 0 spiro atoms. The van der Waals surface area contributed by atoms with Crippen molar-refractivity contribution in [2.75, 3.05) is 32.8 Å². The van der Waals surface area contributed by atoms with Crippen LogP contribution in [0.3, 0.4) is 0 Å². The highest BCUT2D eigenvalue weighted by Gasteiger charge is 2.21.